The number of para-hydroxylation sites is 1. The van der Waals surface area contributed by atoms with E-state index < -0.39 is 21.7 Å². The van der Waals surface area contributed by atoms with Gasteiger partial charge in [0.15, 0.2) is 0 Å². The van der Waals surface area contributed by atoms with Crippen molar-refractivity contribution in [2.45, 2.75) is 4.90 Å². The standard InChI is InChI=1S/C19H16ClFN2O5S/c20-14-11-12(5-6-15(14)21)29(25,26)22-17-13-3-1-2-4-16(13)28-18(17)19(24)23-7-9-27-10-8-23/h1-6,11,22H,7-10H2. The molecular weight excluding hydrogens is 423 g/mol. The molecule has 29 heavy (non-hydrogen) atoms. The number of nitrogens with one attached hydrogen (secondary N) is 1. The molecule has 2 aromatic carbocycles. The highest BCUT2D eigenvalue weighted by molar-refractivity contribution is 7.92. The first kappa shape index (κ1) is 19.7. The summed E-state index contributed by atoms with van der Waals surface area (Å²) in [5.41, 5.74) is 0.386. The van der Waals surface area contributed by atoms with Crippen LogP contribution in [0.15, 0.2) is 51.8 Å². The Morgan fingerprint density at radius 3 is 2.59 bits per heavy atom. The van der Waals surface area contributed by atoms with Crippen molar-refractivity contribution in [1.29, 1.82) is 0 Å². The number of hydrogen-bond donors (Lipinski definition) is 1. The molecule has 1 N–H and O–H groups in total. The van der Waals surface area contributed by atoms with Crippen LogP contribution in [0.25, 0.3) is 11.0 Å². The molecule has 1 saturated heterocycles. The summed E-state index contributed by atoms with van der Waals surface area (Å²) in [6.45, 7) is 1.52. The van der Waals surface area contributed by atoms with Crippen LogP contribution in [0.5, 0.6) is 0 Å². The lowest BCUT2D eigenvalue weighted by atomic mass is 10.2. The Bertz CT molecular complexity index is 1190. The van der Waals surface area contributed by atoms with E-state index in [-0.39, 0.29) is 21.4 Å². The number of benzene rings is 2. The molecule has 1 aromatic heterocycles. The zero-order valence-electron chi connectivity index (χ0n) is 15.0. The molecule has 0 bridgehead atoms. The smallest absolute Gasteiger partial charge is 0.291 e. The maximum Gasteiger partial charge on any atom is 0.291 e. The minimum atomic E-state index is -4.16. The van der Waals surface area contributed by atoms with Crippen molar-refractivity contribution < 1.29 is 26.8 Å². The lowest BCUT2D eigenvalue weighted by Crippen LogP contribution is -2.40. The molecule has 1 amide bonds. The van der Waals surface area contributed by atoms with Crippen LogP contribution in [-0.2, 0) is 14.8 Å². The molecule has 4 rings (SSSR count). The molecule has 3 aromatic rings. The van der Waals surface area contributed by atoms with E-state index in [1.54, 1.807) is 24.3 Å². The van der Waals surface area contributed by atoms with Crippen molar-refractivity contribution in [2.75, 3.05) is 31.0 Å². The molecule has 2 heterocycles. The van der Waals surface area contributed by atoms with Gasteiger partial charge < -0.3 is 14.1 Å². The molecule has 0 unspecified atom stereocenters. The number of fused-ring (bicyclic) bond motifs is 1. The van der Waals surface area contributed by atoms with Crippen LogP contribution in [-0.4, -0.2) is 45.5 Å². The predicted octanol–water partition coefficient (Wildman–Crippen LogP) is 3.50. The van der Waals surface area contributed by atoms with Crippen LogP contribution in [0.1, 0.15) is 10.6 Å². The van der Waals surface area contributed by atoms with E-state index in [1.165, 1.54) is 4.90 Å². The maximum atomic E-state index is 13.4. The first-order valence-corrected chi connectivity index (χ1v) is 10.6. The summed E-state index contributed by atoms with van der Waals surface area (Å²) in [6.07, 6.45) is 0. The van der Waals surface area contributed by atoms with Crippen molar-refractivity contribution in [3.05, 3.63) is 59.1 Å². The third kappa shape index (κ3) is 3.81. The lowest BCUT2D eigenvalue weighted by Gasteiger charge is -2.26. The molecule has 0 aliphatic carbocycles. The zero-order chi connectivity index (χ0) is 20.6. The second-order valence-electron chi connectivity index (χ2n) is 6.39. The summed E-state index contributed by atoms with van der Waals surface area (Å²) in [5, 5.41) is 0.107. The Hall–Kier alpha value is -2.62. The molecule has 1 aliphatic rings. The number of anilines is 1. The first-order chi connectivity index (χ1) is 13.9. The minimum Gasteiger partial charge on any atom is -0.449 e. The fraction of sp³-hybridized carbons (Fsp3) is 0.211. The molecular formula is C19H16ClFN2O5S. The van der Waals surface area contributed by atoms with Crippen molar-refractivity contribution in [1.82, 2.24) is 4.90 Å². The molecule has 10 heteroatoms. The van der Waals surface area contributed by atoms with Crippen molar-refractivity contribution in [3.63, 3.8) is 0 Å². The van der Waals surface area contributed by atoms with Crippen LogP contribution in [0.4, 0.5) is 10.1 Å². The Kier molecular flexibility index (Phi) is 5.20. The zero-order valence-corrected chi connectivity index (χ0v) is 16.6. The minimum absolute atomic E-state index is 0.0255. The van der Waals surface area contributed by atoms with E-state index in [9.17, 15) is 17.6 Å². The number of halogens is 2. The molecule has 7 nitrogen and oxygen atoms in total. The normalized spacial score (nSPS) is 14.9. The van der Waals surface area contributed by atoms with Crippen molar-refractivity contribution in [2.24, 2.45) is 0 Å². The van der Waals surface area contributed by atoms with E-state index in [4.69, 9.17) is 20.8 Å². The third-order valence-corrected chi connectivity index (χ3v) is 6.16. The summed E-state index contributed by atoms with van der Waals surface area (Å²) in [5.74, 6) is -1.30. The van der Waals surface area contributed by atoms with Crippen molar-refractivity contribution in [3.8, 4) is 0 Å². The second kappa shape index (κ2) is 7.66. The van der Waals surface area contributed by atoms with Crippen LogP contribution >= 0.6 is 11.6 Å². The fourth-order valence-electron chi connectivity index (χ4n) is 3.04. The average molecular weight is 439 g/mol. The number of morpholine rings is 1. The van der Waals surface area contributed by atoms with E-state index in [2.05, 4.69) is 4.72 Å². The Morgan fingerprint density at radius 1 is 1.14 bits per heavy atom. The maximum absolute atomic E-state index is 13.4. The summed E-state index contributed by atoms with van der Waals surface area (Å²) in [6, 6.07) is 9.76. The largest absolute Gasteiger partial charge is 0.449 e. The van der Waals surface area contributed by atoms with Gasteiger partial charge in [-0.3, -0.25) is 9.52 Å². The average Bonchev–Trinajstić information content (AvgIpc) is 3.08. The third-order valence-electron chi connectivity index (χ3n) is 4.53. The Morgan fingerprint density at radius 2 is 1.86 bits per heavy atom. The molecule has 0 atom stereocenters. The molecule has 0 saturated carbocycles. The molecule has 0 spiro atoms. The number of carbonyl (C=O) groups excluding carboxylic acids is 1. The molecule has 0 radical (unpaired) electrons. The second-order valence-corrected chi connectivity index (χ2v) is 8.48. The molecule has 1 aliphatic heterocycles. The van der Waals surface area contributed by atoms with Gasteiger partial charge in [0.25, 0.3) is 15.9 Å². The van der Waals surface area contributed by atoms with Gasteiger partial charge in [-0.2, -0.15) is 0 Å². The van der Waals surface area contributed by atoms with Gasteiger partial charge in [0.1, 0.15) is 17.1 Å². The van der Waals surface area contributed by atoms with E-state index in [0.717, 1.165) is 18.2 Å². The van der Waals surface area contributed by atoms with Gasteiger partial charge in [-0.15, -0.1) is 0 Å². The van der Waals surface area contributed by atoms with Crippen LogP contribution in [0, 0.1) is 5.82 Å². The van der Waals surface area contributed by atoms with Gasteiger partial charge in [-0.1, -0.05) is 23.7 Å². The van der Waals surface area contributed by atoms with Crippen LogP contribution in [0.2, 0.25) is 5.02 Å². The number of amides is 1. The number of furan rings is 1. The number of ether oxygens (including phenoxy) is 1. The van der Waals surface area contributed by atoms with E-state index >= 15 is 0 Å². The Balaban J connectivity index is 1.77. The molecule has 152 valence electrons. The van der Waals surface area contributed by atoms with Crippen molar-refractivity contribution >= 4 is 44.2 Å². The monoisotopic (exact) mass is 438 g/mol. The fourth-order valence-corrected chi connectivity index (χ4v) is 4.40. The topological polar surface area (TPSA) is 88.8 Å². The summed E-state index contributed by atoms with van der Waals surface area (Å²) < 4.78 is 52.5. The van der Waals surface area contributed by atoms with E-state index in [0.29, 0.717) is 37.3 Å². The number of nitrogens with zero attached hydrogens (tertiary/aromatic N) is 1. The first-order valence-electron chi connectivity index (χ1n) is 8.73. The highest BCUT2D eigenvalue weighted by Gasteiger charge is 2.29. The lowest BCUT2D eigenvalue weighted by molar-refractivity contribution is 0.0285. The quantitative estimate of drug-likeness (QED) is 0.673. The summed E-state index contributed by atoms with van der Waals surface area (Å²) in [4.78, 5) is 14.3. The van der Waals surface area contributed by atoms with Gasteiger partial charge in [-0.05, 0) is 30.3 Å². The number of sulfonamides is 1. The van der Waals surface area contributed by atoms with Gasteiger partial charge in [0, 0.05) is 18.5 Å². The van der Waals surface area contributed by atoms with Crippen LogP contribution in [0.3, 0.4) is 0 Å². The number of rotatable bonds is 4. The van der Waals surface area contributed by atoms with Gasteiger partial charge >= 0.3 is 0 Å². The van der Waals surface area contributed by atoms with Gasteiger partial charge in [0.05, 0.1) is 23.1 Å². The van der Waals surface area contributed by atoms with Gasteiger partial charge in [0.2, 0.25) is 5.76 Å². The highest BCUT2D eigenvalue weighted by Crippen LogP contribution is 2.34. The number of carbonyl (C=O) groups is 1. The summed E-state index contributed by atoms with van der Waals surface area (Å²) in [7, 11) is -4.16. The van der Waals surface area contributed by atoms with Crippen LogP contribution < -0.4 is 4.72 Å². The van der Waals surface area contributed by atoms with E-state index in [1.807, 2.05) is 0 Å². The predicted molar refractivity (Wildman–Crippen MR) is 105 cm³/mol. The summed E-state index contributed by atoms with van der Waals surface area (Å²) >= 11 is 5.72. The highest BCUT2D eigenvalue weighted by atomic mass is 35.5. The van der Waals surface area contributed by atoms with Gasteiger partial charge in [-0.25, -0.2) is 12.8 Å². The Labute approximate surface area is 171 Å². The number of hydrogen-bond acceptors (Lipinski definition) is 5. The molecule has 1 fully saturated rings. The SMILES string of the molecule is O=C(c1oc2ccccc2c1NS(=O)(=O)c1ccc(F)c(Cl)c1)N1CCOCC1.